The van der Waals surface area contributed by atoms with Crippen LogP contribution in [-0.4, -0.2) is 33.2 Å². The predicted octanol–water partition coefficient (Wildman–Crippen LogP) is 2.09. The average molecular weight is 164 g/mol. The maximum atomic E-state index is 5.33. The van der Waals surface area contributed by atoms with Crippen molar-refractivity contribution in [3.05, 3.63) is 0 Å². The van der Waals surface area contributed by atoms with E-state index in [1.807, 2.05) is 0 Å². The van der Waals surface area contributed by atoms with Gasteiger partial charge in [-0.1, -0.05) is 6.92 Å². The van der Waals surface area contributed by atoms with Crippen LogP contribution in [0.5, 0.6) is 0 Å². The van der Waals surface area contributed by atoms with Crippen molar-refractivity contribution >= 4 is 8.15 Å². The van der Waals surface area contributed by atoms with Crippen molar-refractivity contribution in [3.8, 4) is 0 Å². The molecule has 0 unspecified atom stereocenters. The maximum absolute atomic E-state index is 5.33. The Labute approximate surface area is 64.7 Å². The lowest BCUT2D eigenvalue weighted by Crippen LogP contribution is -2.01. The molecular formula is C7H17O2P. The summed E-state index contributed by atoms with van der Waals surface area (Å²) in [5.41, 5.74) is 0. The first kappa shape index (κ1) is 10.3. The Kier molecular flexibility index (Phi) is 7.72. The molecule has 10 heavy (non-hydrogen) atoms. The summed E-state index contributed by atoms with van der Waals surface area (Å²) in [5, 5.41) is 0. The zero-order valence-corrected chi connectivity index (χ0v) is 7.99. The van der Waals surface area contributed by atoms with Crippen LogP contribution in [0.15, 0.2) is 0 Å². The summed E-state index contributed by atoms with van der Waals surface area (Å²) in [6.45, 7) is 8.64. The molecular weight excluding hydrogens is 147 g/mol. The molecule has 0 heterocycles. The highest BCUT2D eigenvalue weighted by molar-refractivity contribution is 7.50. The summed E-state index contributed by atoms with van der Waals surface area (Å²) in [4.78, 5) is 0. The Morgan fingerprint density at radius 3 is 2.30 bits per heavy atom. The Morgan fingerprint density at radius 1 is 1.10 bits per heavy atom. The summed E-state index contributed by atoms with van der Waals surface area (Å²) in [6, 6.07) is 0. The molecule has 2 nitrogen and oxygen atoms in total. The number of ether oxygens (including phenoxy) is 1. The van der Waals surface area contributed by atoms with Crippen LogP contribution in [0.2, 0.25) is 0 Å². The largest absolute Gasteiger partial charge is 0.379 e. The van der Waals surface area contributed by atoms with Crippen molar-refractivity contribution < 1.29 is 9.26 Å². The molecule has 0 atom stereocenters. The minimum absolute atomic E-state index is 0.201. The van der Waals surface area contributed by atoms with Crippen molar-refractivity contribution in [1.82, 2.24) is 0 Å². The fraction of sp³-hybridized carbons (Fsp3) is 1.00. The lowest BCUT2D eigenvalue weighted by Gasteiger charge is -2.06. The monoisotopic (exact) mass is 164 g/mol. The highest BCUT2D eigenvalue weighted by Crippen LogP contribution is 2.24. The molecule has 0 aromatic rings. The third kappa shape index (κ3) is 8.35. The molecule has 0 aromatic carbocycles. The van der Waals surface area contributed by atoms with Crippen LogP contribution in [0.4, 0.5) is 0 Å². The SMILES string of the molecule is CCCOCCOP(C)C. The molecule has 0 aliphatic heterocycles. The molecule has 0 saturated carbocycles. The van der Waals surface area contributed by atoms with Gasteiger partial charge in [-0.05, 0) is 19.8 Å². The molecule has 0 amide bonds. The van der Waals surface area contributed by atoms with Gasteiger partial charge in [0.25, 0.3) is 0 Å². The van der Waals surface area contributed by atoms with Gasteiger partial charge in [0.1, 0.15) is 0 Å². The lowest BCUT2D eigenvalue weighted by molar-refractivity contribution is 0.105. The molecule has 0 radical (unpaired) electrons. The second kappa shape index (κ2) is 7.46. The molecule has 0 rings (SSSR count). The molecule has 0 fully saturated rings. The molecule has 62 valence electrons. The van der Waals surface area contributed by atoms with Crippen LogP contribution in [0, 0.1) is 0 Å². The fourth-order valence-electron chi connectivity index (χ4n) is 0.525. The van der Waals surface area contributed by atoms with Crippen LogP contribution in [-0.2, 0) is 9.26 Å². The third-order valence-corrected chi connectivity index (χ3v) is 1.62. The molecule has 0 aromatic heterocycles. The minimum Gasteiger partial charge on any atom is -0.379 e. The maximum Gasteiger partial charge on any atom is 0.0742 e. The summed E-state index contributed by atoms with van der Waals surface area (Å²) >= 11 is 0. The second-order valence-electron chi connectivity index (χ2n) is 2.26. The van der Waals surface area contributed by atoms with Crippen LogP contribution < -0.4 is 0 Å². The van der Waals surface area contributed by atoms with Gasteiger partial charge >= 0.3 is 0 Å². The van der Waals surface area contributed by atoms with Gasteiger partial charge < -0.3 is 9.26 Å². The first-order valence-electron chi connectivity index (χ1n) is 3.65. The van der Waals surface area contributed by atoms with Crippen molar-refractivity contribution in [2.45, 2.75) is 13.3 Å². The fourth-order valence-corrected chi connectivity index (χ4v) is 0.965. The Hall–Kier alpha value is 0.350. The van der Waals surface area contributed by atoms with Gasteiger partial charge in [-0.2, -0.15) is 0 Å². The van der Waals surface area contributed by atoms with Crippen LogP contribution in [0.1, 0.15) is 13.3 Å². The number of hydrogen-bond acceptors (Lipinski definition) is 2. The average Bonchev–Trinajstić information content (AvgIpc) is 1.87. The molecule has 0 aliphatic rings. The zero-order chi connectivity index (χ0) is 7.82. The normalized spacial score (nSPS) is 10.8. The van der Waals surface area contributed by atoms with Gasteiger partial charge in [-0.25, -0.2) is 0 Å². The number of rotatable bonds is 6. The van der Waals surface area contributed by atoms with Crippen molar-refractivity contribution in [1.29, 1.82) is 0 Å². The zero-order valence-electron chi connectivity index (χ0n) is 7.09. The van der Waals surface area contributed by atoms with Gasteiger partial charge in [-0.15, -0.1) is 0 Å². The third-order valence-electron chi connectivity index (χ3n) is 0.926. The van der Waals surface area contributed by atoms with E-state index in [0.29, 0.717) is 0 Å². The molecule has 0 spiro atoms. The summed E-state index contributed by atoms with van der Waals surface area (Å²) in [6.07, 6.45) is 1.09. The van der Waals surface area contributed by atoms with E-state index in [1.165, 1.54) is 0 Å². The smallest absolute Gasteiger partial charge is 0.0742 e. The quantitative estimate of drug-likeness (QED) is 0.442. The molecule has 0 saturated heterocycles. The van der Waals surface area contributed by atoms with Crippen molar-refractivity contribution in [2.24, 2.45) is 0 Å². The first-order valence-corrected chi connectivity index (χ1v) is 5.80. The Balaban J connectivity index is 2.77. The van der Waals surface area contributed by atoms with E-state index in [4.69, 9.17) is 9.26 Å². The van der Waals surface area contributed by atoms with Crippen molar-refractivity contribution in [2.75, 3.05) is 33.2 Å². The highest BCUT2D eigenvalue weighted by Gasteiger charge is 1.91. The van der Waals surface area contributed by atoms with E-state index in [0.717, 1.165) is 26.2 Å². The van der Waals surface area contributed by atoms with Gasteiger partial charge in [0.05, 0.1) is 13.2 Å². The van der Waals surface area contributed by atoms with E-state index < -0.39 is 0 Å². The lowest BCUT2D eigenvalue weighted by atomic mass is 10.5. The Morgan fingerprint density at radius 2 is 1.80 bits per heavy atom. The van der Waals surface area contributed by atoms with Crippen LogP contribution >= 0.6 is 8.15 Å². The van der Waals surface area contributed by atoms with E-state index in [9.17, 15) is 0 Å². The number of hydrogen-bond donors (Lipinski definition) is 0. The van der Waals surface area contributed by atoms with E-state index in [2.05, 4.69) is 20.3 Å². The van der Waals surface area contributed by atoms with Crippen LogP contribution in [0.3, 0.4) is 0 Å². The Bertz CT molecular complexity index is 66.6. The van der Waals surface area contributed by atoms with Gasteiger partial charge in [0.2, 0.25) is 0 Å². The molecule has 3 heteroatoms. The standard InChI is InChI=1S/C7H17O2P/c1-4-5-8-6-7-9-10(2)3/h4-7H2,1-3H3. The molecule has 0 aliphatic carbocycles. The molecule has 0 N–H and O–H groups in total. The van der Waals surface area contributed by atoms with Crippen LogP contribution in [0.25, 0.3) is 0 Å². The van der Waals surface area contributed by atoms with E-state index >= 15 is 0 Å². The van der Waals surface area contributed by atoms with Gasteiger partial charge in [0, 0.05) is 14.8 Å². The summed E-state index contributed by atoms with van der Waals surface area (Å²) in [7, 11) is -0.201. The van der Waals surface area contributed by atoms with E-state index in [-0.39, 0.29) is 8.15 Å². The van der Waals surface area contributed by atoms with Gasteiger partial charge in [-0.3, -0.25) is 0 Å². The molecule has 0 bridgehead atoms. The summed E-state index contributed by atoms with van der Waals surface area (Å²) in [5.74, 6) is 0. The first-order chi connectivity index (χ1) is 4.77. The van der Waals surface area contributed by atoms with E-state index in [1.54, 1.807) is 0 Å². The summed E-state index contributed by atoms with van der Waals surface area (Å²) < 4.78 is 10.5. The van der Waals surface area contributed by atoms with Crippen molar-refractivity contribution in [3.63, 3.8) is 0 Å². The second-order valence-corrected chi connectivity index (χ2v) is 4.14. The minimum atomic E-state index is -0.201. The topological polar surface area (TPSA) is 18.5 Å². The predicted molar refractivity (Wildman–Crippen MR) is 45.8 cm³/mol. The van der Waals surface area contributed by atoms with Gasteiger partial charge in [0.15, 0.2) is 0 Å². The highest BCUT2D eigenvalue weighted by atomic mass is 31.1.